The quantitative estimate of drug-likeness (QED) is 0.924. The fraction of sp³-hybridized carbons (Fsp3) is 0.250. The number of halogens is 3. The third kappa shape index (κ3) is 4.44. The highest BCUT2D eigenvalue weighted by Crippen LogP contribution is 2.25. The van der Waals surface area contributed by atoms with Crippen molar-refractivity contribution in [2.24, 2.45) is 0 Å². The summed E-state index contributed by atoms with van der Waals surface area (Å²) in [7, 11) is 0. The van der Waals surface area contributed by atoms with E-state index in [9.17, 15) is 13.2 Å². The van der Waals surface area contributed by atoms with Gasteiger partial charge in [-0.1, -0.05) is 6.07 Å². The summed E-state index contributed by atoms with van der Waals surface area (Å²) in [6, 6.07) is 5.72. The largest absolute Gasteiger partial charge is 0.573 e. The van der Waals surface area contributed by atoms with Crippen LogP contribution in [0.2, 0.25) is 0 Å². The van der Waals surface area contributed by atoms with Crippen molar-refractivity contribution in [3.63, 3.8) is 0 Å². The van der Waals surface area contributed by atoms with Crippen LogP contribution >= 0.6 is 11.3 Å². The second-order valence-electron chi connectivity index (χ2n) is 3.81. The van der Waals surface area contributed by atoms with Crippen LogP contribution < -0.4 is 10.1 Å². The summed E-state index contributed by atoms with van der Waals surface area (Å²) in [5, 5.41) is 5.79. The summed E-state index contributed by atoms with van der Waals surface area (Å²) < 4.78 is 40.1. The number of alkyl halides is 3. The van der Waals surface area contributed by atoms with Crippen LogP contribution in [0.1, 0.15) is 10.7 Å². The molecule has 0 aliphatic heterocycles. The van der Waals surface area contributed by atoms with Gasteiger partial charge in [0.2, 0.25) is 0 Å². The number of anilines is 1. The average Bonchev–Trinajstić information content (AvgIpc) is 2.71. The first kappa shape index (κ1) is 13.7. The van der Waals surface area contributed by atoms with E-state index in [1.807, 2.05) is 12.3 Å². The SMILES string of the molecule is Cc1csc(CNc2cccc(OC(F)(F)F)c2)n1. The Morgan fingerprint density at radius 1 is 1.37 bits per heavy atom. The van der Waals surface area contributed by atoms with E-state index in [0.29, 0.717) is 12.2 Å². The molecule has 0 aliphatic rings. The summed E-state index contributed by atoms with van der Waals surface area (Å²) in [5.74, 6) is -0.243. The van der Waals surface area contributed by atoms with Gasteiger partial charge < -0.3 is 10.1 Å². The molecule has 0 bridgehead atoms. The zero-order chi connectivity index (χ0) is 13.9. The van der Waals surface area contributed by atoms with Gasteiger partial charge in [-0.25, -0.2) is 4.98 Å². The number of nitrogens with one attached hydrogen (secondary N) is 1. The molecule has 0 saturated heterocycles. The highest BCUT2D eigenvalue weighted by molar-refractivity contribution is 7.09. The lowest BCUT2D eigenvalue weighted by molar-refractivity contribution is -0.274. The van der Waals surface area contributed by atoms with E-state index >= 15 is 0 Å². The summed E-state index contributed by atoms with van der Waals surface area (Å²) >= 11 is 1.50. The zero-order valence-electron chi connectivity index (χ0n) is 9.99. The molecule has 1 aromatic heterocycles. The summed E-state index contributed by atoms with van der Waals surface area (Å²) in [5.41, 5.74) is 1.48. The number of hydrogen-bond donors (Lipinski definition) is 1. The van der Waals surface area contributed by atoms with E-state index in [0.717, 1.165) is 10.7 Å². The van der Waals surface area contributed by atoms with Crippen molar-refractivity contribution in [1.82, 2.24) is 4.98 Å². The molecule has 1 aromatic carbocycles. The number of thiazole rings is 1. The van der Waals surface area contributed by atoms with Gasteiger partial charge in [-0.05, 0) is 19.1 Å². The topological polar surface area (TPSA) is 34.1 Å². The van der Waals surface area contributed by atoms with E-state index in [1.54, 1.807) is 6.07 Å². The van der Waals surface area contributed by atoms with Gasteiger partial charge in [-0.15, -0.1) is 24.5 Å². The molecule has 1 N–H and O–H groups in total. The zero-order valence-corrected chi connectivity index (χ0v) is 10.8. The third-order valence-electron chi connectivity index (χ3n) is 2.18. The lowest BCUT2D eigenvalue weighted by Gasteiger charge is -2.10. The Kier molecular flexibility index (Phi) is 3.94. The van der Waals surface area contributed by atoms with Crippen molar-refractivity contribution in [1.29, 1.82) is 0 Å². The molecule has 0 atom stereocenters. The molecular formula is C12H11F3N2OS. The van der Waals surface area contributed by atoms with Crippen LogP contribution in [0.3, 0.4) is 0 Å². The highest BCUT2D eigenvalue weighted by Gasteiger charge is 2.31. The Morgan fingerprint density at radius 3 is 2.79 bits per heavy atom. The van der Waals surface area contributed by atoms with Crippen LogP contribution in [-0.2, 0) is 6.54 Å². The maximum atomic E-state index is 12.1. The lowest BCUT2D eigenvalue weighted by atomic mass is 10.3. The Labute approximate surface area is 112 Å². The Morgan fingerprint density at radius 2 is 2.16 bits per heavy atom. The normalized spacial score (nSPS) is 11.4. The van der Waals surface area contributed by atoms with Crippen LogP contribution in [0.25, 0.3) is 0 Å². The van der Waals surface area contributed by atoms with Gasteiger partial charge in [0.05, 0.1) is 6.54 Å². The van der Waals surface area contributed by atoms with Gasteiger partial charge in [-0.2, -0.15) is 0 Å². The average molecular weight is 288 g/mol. The highest BCUT2D eigenvalue weighted by atomic mass is 32.1. The minimum atomic E-state index is -4.68. The smallest absolute Gasteiger partial charge is 0.406 e. The molecule has 0 unspecified atom stereocenters. The number of rotatable bonds is 4. The van der Waals surface area contributed by atoms with Crippen molar-refractivity contribution < 1.29 is 17.9 Å². The van der Waals surface area contributed by atoms with Gasteiger partial charge in [0.25, 0.3) is 0 Å². The van der Waals surface area contributed by atoms with Crippen molar-refractivity contribution in [2.45, 2.75) is 19.8 Å². The van der Waals surface area contributed by atoms with Gasteiger partial charge in [0.15, 0.2) is 0 Å². The predicted octanol–water partition coefficient (Wildman–Crippen LogP) is 3.96. The van der Waals surface area contributed by atoms with Gasteiger partial charge in [0, 0.05) is 22.8 Å². The first-order chi connectivity index (χ1) is 8.92. The van der Waals surface area contributed by atoms with Crippen LogP contribution in [0.5, 0.6) is 5.75 Å². The molecule has 1 heterocycles. The Hall–Kier alpha value is -1.76. The lowest BCUT2D eigenvalue weighted by Crippen LogP contribution is -2.17. The first-order valence-electron chi connectivity index (χ1n) is 5.43. The number of aryl methyl sites for hydroxylation is 1. The molecule has 0 fully saturated rings. The van der Waals surface area contributed by atoms with E-state index in [1.165, 1.54) is 29.5 Å². The van der Waals surface area contributed by atoms with E-state index < -0.39 is 6.36 Å². The van der Waals surface area contributed by atoms with Crippen LogP contribution in [0.15, 0.2) is 29.6 Å². The molecule has 102 valence electrons. The van der Waals surface area contributed by atoms with Gasteiger partial charge in [-0.3, -0.25) is 0 Å². The number of ether oxygens (including phenoxy) is 1. The van der Waals surface area contributed by atoms with Gasteiger partial charge in [0.1, 0.15) is 10.8 Å². The van der Waals surface area contributed by atoms with Crippen LogP contribution in [0, 0.1) is 6.92 Å². The van der Waals surface area contributed by atoms with Gasteiger partial charge >= 0.3 is 6.36 Å². The monoisotopic (exact) mass is 288 g/mol. The molecule has 19 heavy (non-hydrogen) atoms. The molecule has 0 radical (unpaired) electrons. The summed E-state index contributed by atoms with van der Waals surface area (Å²) in [6.07, 6.45) is -4.68. The van der Waals surface area contributed by atoms with Crippen molar-refractivity contribution in [2.75, 3.05) is 5.32 Å². The van der Waals surface area contributed by atoms with Crippen LogP contribution in [-0.4, -0.2) is 11.3 Å². The maximum absolute atomic E-state index is 12.1. The number of nitrogens with zero attached hydrogens (tertiary/aromatic N) is 1. The molecule has 3 nitrogen and oxygen atoms in total. The maximum Gasteiger partial charge on any atom is 0.573 e. The van der Waals surface area contributed by atoms with Crippen molar-refractivity contribution in [3.8, 4) is 5.75 Å². The summed E-state index contributed by atoms with van der Waals surface area (Å²) in [6.45, 7) is 2.35. The molecule has 0 amide bonds. The third-order valence-corrected chi connectivity index (χ3v) is 3.14. The minimum Gasteiger partial charge on any atom is -0.406 e. The fourth-order valence-electron chi connectivity index (χ4n) is 1.46. The van der Waals surface area contributed by atoms with E-state index in [2.05, 4.69) is 15.0 Å². The van der Waals surface area contributed by atoms with Crippen molar-refractivity contribution >= 4 is 17.0 Å². The molecule has 0 saturated carbocycles. The standard InChI is InChI=1S/C12H11F3N2OS/c1-8-7-19-11(17-8)6-16-9-3-2-4-10(5-9)18-12(13,14)15/h2-5,7,16H,6H2,1H3. The fourth-order valence-corrected chi connectivity index (χ4v) is 2.18. The number of benzene rings is 1. The van der Waals surface area contributed by atoms with Crippen LogP contribution in [0.4, 0.5) is 18.9 Å². The number of aromatic nitrogens is 1. The Balaban J connectivity index is 1.99. The molecule has 0 spiro atoms. The molecule has 2 aromatic rings. The molecule has 0 aliphatic carbocycles. The first-order valence-corrected chi connectivity index (χ1v) is 6.31. The Bertz CT molecular complexity index is 554. The summed E-state index contributed by atoms with van der Waals surface area (Å²) in [4.78, 5) is 4.25. The second kappa shape index (κ2) is 5.48. The number of hydrogen-bond acceptors (Lipinski definition) is 4. The second-order valence-corrected chi connectivity index (χ2v) is 4.75. The molecule has 7 heteroatoms. The van der Waals surface area contributed by atoms with Crippen molar-refractivity contribution in [3.05, 3.63) is 40.3 Å². The molecule has 2 rings (SSSR count). The molecular weight excluding hydrogens is 277 g/mol. The van der Waals surface area contributed by atoms with E-state index in [-0.39, 0.29) is 5.75 Å². The van der Waals surface area contributed by atoms with E-state index in [4.69, 9.17) is 0 Å². The predicted molar refractivity (Wildman–Crippen MR) is 67.3 cm³/mol. The minimum absolute atomic E-state index is 0.243.